The third-order valence-corrected chi connectivity index (χ3v) is 6.48. The summed E-state index contributed by atoms with van der Waals surface area (Å²) in [6.45, 7) is 4.06. The smallest absolute Gasteiger partial charge is 0.287 e. The van der Waals surface area contributed by atoms with Gasteiger partial charge in [-0.1, -0.05) is 18.6 Å². The van der Waals surface area contributed by atoms with E-state index in [0.717, 1.165) is 29.0 Å². The summed E-state index contributed by atoms with van der Waals surface area (Å²) in [6.07, 6.45) is 5.87. The molecule has 3 aromatic rings. The van der Waals surface area contributed by atoms with Crippen molar-refractivity contribution < 1.29 is 19.1 Å². The molecule has 2 N–H and O–H groups in total. The summed E-state index contributed by atoms with van der Waals surface area (Å²) in [5.74, 6) is 1.47. The molecule has 33 heavy (non-hydrogen) atoms. The first-order valence-corrected chi connectivity index (χ1v) is 11.6. The van der Waals surface area contributed by atoms with Crippen molar-refractivity contribution in [3.63, 3.8) is 0 Å². The molecule has 2 fully saturated rings. The maximum atomic E-state index is 12.2. The van der Waals surface area contributed by atoms with Gasteiger partial charge in [-0.2, -0.15) is 0 Å². The monoisotopic (exact) mass is 448 g/mol. The average molecular weight is 449 g/mol. The number of hydrogen-bond acceptors (Lipinski definition) is 5. The van der Waals surface area contributed by atoms with Gasteiger partial charge < -0.3 is 19.6 Å². The van der Waals surface area contributed by atoms with E-state index in [1.165, 1.54) is 32.2 Å². The first kappa shape index (κ1) is 22.9. The number of hydrogen-bond donors (Lipinski definition) is 2. The molecule has 2 aliphatic heterocycles. The van der Waals surface area contributed by atoms with Crippen molar-refractivity contribution in [2.75, 3.05) is 13.7 Å². The molecule has 2 aliphatic rings. The zero-order valence-corrected chi connectivity index (χ0v) is 19.3. The summed E-state index contributed by atoms with van der Waals surface area (Å²) in [6, 6.07) is 19.4. The first-order valence-electron chi connectivity index (χ1n) is 11.6. The molecule has 1 aromatic heterocycles. The summed E-state index contributed by atoms with van der Waals surface area (Å²) in [7, 11) is 1.61. The molecule has 2 atom stereocenters. The molecule has 1 amide bonds. The Labute approximate surface area is 195 Å². The predicted octanol–water partition coefficient (Wildman–Crippen LogP) is 5.22. The summed E-state index contributed by atoms with van der Waals surface area (Å²) >= 11 is 0. The van der Waals surface area contributed by atoms with E-state index < -0.39 is 0 Å². The third kappa shape index (κ3) is 5.76. The minimum absolute atomic E-state index is 0.168. The highest BCUT2D eigenvalue weighted by Gasteiger charge is 2.34. The largest absolute Gasteiger partial charge is 0.508 e. The van der Waals surface area contributed by atoms with Crippen LogP contribution in [0, 0.1) is 0 Å². The van der Waals surface area contributed by atoms with Gasteiger partial charge in [0.2, 0.25) is 0 Å². The number of carbonyl (C=O) groups is 1. The van der Waals surface area contributed by atoms with Crippen molar-refractivity contribution in [3.8, 4) is 22.8 Å². The van der Waals surface area contributed by atoms with E-state index in [2.05, 4.69) is 17.1 Å². The summed E-state index contributed by atoms with van der Waals surface area (Å²) in [5.41, 5.74) is 1.67. The number of fused-ring (bicyclic) bond motifs is 1. The molecular weight excluding hydrogens is 416 g/mol. The fraction of sp³-hybridized carbons (Fsp3) is 0.370. The van der Waals surface area contributed by atoms with Gasteiger partial charge in [0.1, 0.15) is 17.3 Å². The van der Waals surface area contributed by atoms with Crippen LogP contribution < -0.4 is 10.1 Å². The van der Waals surface area contributed by atoms with Crippen LogP contribution in [-0.4, -0.2) is 41.7 Å². The molecule has 6 nitrogen and oxygen atoms in total. The number of amides is 1. The Bertz CT molecular complexity index is 1050. The van der Waals surface area contributed by atoms with E-state index in [4.69, 9.17) is 9.15 Å². The Morgan fingerprint density at radius 2 is 1.94 bits per heavy atom. The Kier molecular flexibility index (Phi) is 7.35. The molecule has 0 spiro atoms. The highest BCUT2D eigenvalue weighted by atomic mass is 16.5. The van der Waals surface area contributed by atoms with Crippen molar-refractivity contribution >= 4 is 5.91 Å². The van der Waals surface area contributed by atoms with Gasteiger partial charge in [0.25, 0.3) is 5.91 Å². The van der Waals surface area contributed by atoms with Crippen LogP contribution in [0.15, 0.2) is 65.1 Å². The molecule has 3 heterocycles. The van der Waals surface area contributed by atoms with Crippen LogP contribution in [0.25, 0.3) is 11.3 Å². The van der Waals surface area contributed by atoms with Gasteiger partial charge in [-0.25, -0.2) is 0 Å². The standard InChI is InChI=1S/C19H17NO4.C8H15N/c1-23-16-7-5-14(6-8-16)17-9-10-18(24-17)19(22)20-12-13-3-2-4-15(21)11-13;1-7-3-2-4-8-5-6-9(7)8/h2-11,21H,12H2,1H3,(H,20,22);7-8H,2-6H2,1H3. The van der Waals surface area contributed by atoms with E-state index in [-0.39, 0.29) is 17.4 Å². The number of furan rings is 1. The van der Waals surface area contributed by atoms with Gasteiger partial charge in [-0.3, -0.25) is 9.69 Å². The number of rotatable bonds is 5. The highest BCUT2D eigenvalue weighted by molar-refractivity contribution is 5.92. The van der Waals surface area contributed by atoms with Crippen molar-refractivity contribution in [1.29, 1.82) is 0 Å². The number of nitrogens with one attached hydrogen (secondary N) is 1. The van der Waals surface area contributed by atoms with Crippen LogP contribution >= 0.6 is 0 Å². The second kappa shape index (κ2) is 10.6. The van der Waals surface area contributed by atoms with E-state index in [9.17, 15) is 9.90 Å². The summed E-state index contributed by atoms with van der Waals surface area (Å²) < 4.78 is 10.7. The van der Waals surface area contributed by atoms with Gasteiger partial charge in [0.15, 0.2) is 5.76 Å². The number of methoxy groups -OCH3 is 1. The molecule has 0 saturated carbocycles. The first-order chi connectivity index (χ1) is 16.0. The molecule has 0 bridgehead atoms. The molecule has 5 rings (SSSR count). The number of aromatic hydroxyl groups is 1. The van der Waals surface area contributed by atoms with Crippen molar-refractivity contribution in [2.24, 2.45) is 0 Å². The van der Waals surface area contributed by atoms with Crippen LogP contribution in [0.4, 0.5) is 0 Å². The quantitative estimate of drug-likeness (QED) is 0.559. The number of phenolic OH excluding ortho intramolecular Hbond substituents is 1. The van der Waals surface area contributed by atoms with Crippen LogP contribution in [0.3, 0.4) is 0 Å². The minimum Gasteiger partial charge on any atom is -0.508 e. The fourth-order valence-corrected chi connectivity index (χ4v) is 4.47. The van der Waals surface area contributed by atoms with E-state index in [1.54, 1.807) is 37.4 Å². The van der Waals surface area contributed by atoms with Crippen molar-refractivity contribution in [2.45, 2.75) is 51.2 Å². The second-order valence-electron chi connectivity index (χ2n) is 8.71. The van der Waals surface area contributed by atoms with Crippen LogP contribution in [0.2, 0.25) is 0 Å². The van der Waals surface area contributed by atoms with Crippen molar-refractivity contribution in [3.05, 3.63) is 72.0 Å². The number of phenols is 1. The lowest BCUT2D eigenvalue weighted by Gasteiger charge is -2.48. The molecular formula is C27H32N2O4. The molecule has 6 heteroatoms. The Balaban J connectivity index is 0.000000238. The summed E-state index contributed by atoms with van der Waals surface area (Å²) in [4.78, 5) is 14.8. The Morgan fingerprint density at radius 1 is 1.12 bits per heavy atom. The zero-order chi connectivity index (χ0) is 23.2. The number of carbonyl (C=O) groups excluding carboxylic acids is 1. The highest BCUT2D eigenvalue weighted by Crippen LogP contribution is 2.31. The Hall–Kier alpha value is -3.25. The molecule has 2 aromatic carbocycles. The molecule has 0 radical (unpaired) electrons. The predicted molar refractivity (Wildman–Crippen MR) is 128 cm³/mol. The lowest BCUT2D eigenvalue weighted by molar-refractivity contribution is 0.0108. The van der Waals surface area contributed by atoms with E-state index >= 15 is 0 Å². The lowest BCUT2D eigenvalue weighted by Crippen LogP contribution is -2.54. The molecule has 0 aliphatic carbocycles. The van der Waals surface area contributed by atoms with Crippen LogP contribution in [0.1, 0.15) is 48.7 Å². The van der Waals surface area contributed by atoms with Crippen LogP contribution in [0.5, 0.6) is 11.5 Å². The SMILES string of the molecule is CC1CCCC2CCN12.COc1ccc(-c2ccc(C(=O)NCc3cccc(O)c3)o2)cc1. The van der Waals surface area contributed by atoms with Gasteiger partial charge in [-0.05, 0) is 80.3 Å². The molecule has 174 valence electrons. The average Bonchev–Trinajstić information content (AvgIpc) is 3.30. The van der Waals surface area contributed by atoms with E-state index in [1.807, 2.05) is 30.3 Å². The molecule has 2 saturated heterocycles. The normalized spacial score (nSPS) is 19.5. The number of nitrogens with zero attached hydrogens (tertiary/aromatic N) is 1. The Morgan fingerprint density at radius 3 is 2.58 bits per heavy atom. The zero-order valence-electron chi connectivity index (χ0n) is 19.3. The second-order valence-corrected chi connectivity index (χ2v) is 8.71. The lowest BCUT2D eigenvalue weighted by atomic mass is 9.88. The van der Waals surface area contributed by atoms with E-state index in [0.29, 0.717) is 12.3 Å². The topological polar surface area (TPSA) is 74.9 Å². The van der Waals surface area contributed by atoms with Crippen LogP contribution in [-0.2, 0) is 6.54 Å². The van der Waals surface area contributed by atoms with Gasteiger partial charge in [-0.15, -0.1) is 0 Å². The van der Waals surface area contributed by atoms with Gasteiger partial charge in [0, 0.05) is 30.7 Å². The number of ether oxygens (including phenoxy) is 1. The van der Waals surface area contributed by atoms with Gasteiger partial charge in [0.05, 0.1) is 7.11 Å². The van der Waals surface area contributed by atoms with Crippen molar-refractivity contribution in [1.82, 2.24) is 10.2 Å². The number of benzene rings is 2. The van der Waals surface area contributed by atoms with Gasteiger partial charge >= 0.3 is 0 Å². The maximum Gasteiger partial charge on any atom is 0.287 e. The molecule has 2 unspecified atom stereocenters. The number of piperidine rings is 1. The minimum atomic E-state index is -0.307. The maximum absolute atomic E-state index is 12.2. The third-order valence-electron chi connectivity index (χ3n) is 6.48. The fourth-order valence-electron chi connectivity index (χ4n) is 4.47. The summed E-state index contributed by atoms with van der Waals surface area (Å²) in [5, 5.41) is 12.2.